The van der Waals surface area contributed by atoms with Gasteiger partial charge in [-0.3, -0.25) is 0 Å². The molecule has 0 radical (unpaired) electrons. The highest BCUT2D eigenvalue weighted by Gasteiger charge is 2.21. The second-order valence-electron chi connectivity index (χ2n) is 5.19. The zero-order valence-electron chi connectivity index (χ0n) is 12.1. The van der Waals surface area contributed by atoms with Gasteiger partial charge in [0, 0.05) is 6.04 Å². The normalized spacial score (nSPS) is 15.1. The molecule has 6 heteroatoms. The molecule has 0 aliphatic carbocycles. The molecule has 0 spiro atoms. The highest BCUT2D eigenvalue weighted by Crippen LogP contribution is 2.23. The number of nitrogens with one attached hydrogen (secondary N) is 1. The highest BCUT2D eigenvalue weighted by molar-refractivity contribution is 7.89. The molecule has 2 unspecified atom stereocenters. The lowest BCUT2D eigenvalue weighted by molar-refractivity contribution is 0.281. The second kappa shape index (κ2) is 7.41. The second-order valence-corrected chi connectivity index (χ2v) is 7.28. The van der Waals surface area contributed by atoms with Gasteiger partial charge in [-0.1, -0.05) is 37.9 Å². The molecule has 0 bridgehead atoms. The Hall–Kier alpha value is -0.620. The molecule has 0 heterocycles. The molecule has 0 aliphatic rings. The quantitative estimate of drug-likeness (QED) is 0.812. The number of benzene rings is 1. The highest BCUT2D eigenvalue weighted by atomic mass is 35.5. The van der Waals surface area contributed by atoms with Gasteiger partial charge >= 0.3 is 0 Å². The van der Waals surface area contributed by atoms with Gasteiger partial charge in [0.1, 0.15) is 4.90 Å². The number of rotatable bonds is 7. The Labute approximate surface area is 126 Å². The number of aliphatic hydroxyl groups is 1. The topological polar surface area (TPSA) is 66.4 Å². The van der Waals surface area contributed by atoms with E-state index in [0.29, 0.717) is 11.5 Å². The SMILES string of the molecule is CCC(C)CC(C)NS(=O)(=O)c1cc(CO)ccc1Cl. The average molecular weight is 320 g/mol. The van der Waals surface area contributed by atoms with Crippen LogP contribution in [-0.4, -0.2) is 19.6 Å². The molecule has 1 rings (SSSR count). The van der Waals surface area contributed by atoms with Crippen molar-refractivity contribution in [2.75, 3.05) is 0 Å². The Morgan fingerprint density at radius 1 is 1.35 bits per heavy atom. The zero-order chi connectivity index (χ0) is 15.3. The Kier molecular flexibility index (Phi) is 6.45. The van der Waals surface area contributed by atoms with Gasteiger partial charge in [-0.25, -0.2) is 13.1 Å². The summed E-state index contributed by atoms with van der Waals surface area (Å²) in [7, 11) is -3.67. The summed E-state index contributed by atoms with van der Waals surface area (Å²) in [5, 5.41) is 9.25. The molecule has 0 fully saturated rings. The molecule has 1 aromatic rings. The molecule has 0 saturated carbocycles. The van der Waals surface area contributed by atoms with Crippen molar-refractivity contribution in [2.45, 2.75) is 51.2 Å². The molecular weight excluding hydrogens is 298 g/mol. The minimum absolute atomic E-state index is 0.0155. The molecule has 0 amide bonds. The summed E-state index contributed by atoms with van der Waals surface area (Å²) in [5.74, 6) is 0.451. The van der Waals surface area contributed by atoms with Crippen molar-refractivity contribution < 1.29 is 13.5 Å². The van der Waals surface area contributed by atoms with Crippen LogP contribution in [0.3, 0.4) is 0 Å². The molecule has 114 valence electrons. The average Bonchev–Trinajstić information content (AvgIpc) is 2.38. The van der Waals surface area contributed by atoms with E-state index in [1.165, 1.54) is 12.1 Å². The van der Waals surface area contributed by atoms with Crippen molar-refractivity contribution in [2.24, 2.45) is 5.92 Å². The van der Waals surface area contributed by atoms with Crippen molar-refractivity contribution in [1.29, 1.82) is 0 Å². The Morgan fingerprint density at radius 3 is 2.55 bits per heavy atom. The van der Waals surface area contributed by atoms with Crippen LogP contribution in [0, 0.1) is 5.92 Å². The van der Waals surface area contributed by atoms with Crippen LogP contribution >= 0.6 is 11.6 Å². The van der Waals surface area contributed by atoms with Crippen LogP contribution in [-0.2, 0) is 16.6 Å². The van der Waals surface area contributed by atoms with Gasteiger partial charge in [0.15, 0.2) is 0 Å². The minimum atomic E-state index is -3.67. The summed E-state index contributed by atoms with van der Waals surface area (Å²) in [5.41, 5.74) is 0.518. The molecule has 20 heavy (non-hydrogen) atoms. The lowest BCUT2D eigenvalue weighted by Crippen LogP contribution is -2.34. The summed E-state index contributed by atoms with van der Waals surface area (Å²) >= 11 is 5.95. The van der Waals surface area contributed by atoms with E-state index < -0.39 is 10.0 Å². The summed E-state index contributed by atoms with van der Waals surface area (Å²) in [6.07, 6.45) is 1.78. The van der Waals surface area contributed by atoms with Crippen LogP contribution in [0.25, 0.3) is 0 Å². The maximum Gasteiger partial charge on any atom is 0.242 e. The molecule has 2 N–H and O–H groups in total. The molecular formula is C14H22ClNO3S. The number of aliphatic hydroxyl groups excluding tert-OH is 1. The van der Waals surface area contributed by atoms with Gasteiger partial charge in [-0.05, 0) is 37.0 Å². The monoisotopic (exact) mass is 319 g/mol. The van der Waals surface area contributed by atoms with Gasteiger partial charge in [-0.15, -0.1) is 0 Å². The van der Waals surface area contributed by atoms with E-state index in [9.17, 15) is 8.42 Å². The third kappa shape index (κ3) is 4.74. The third-order valence-corrected chi connectivity index (χ3v) is 5.35. The van der Waals surface area contributed by atoms with Gasteiger partial charge in [0.25, 0.3) is 0 Å². The predicted octanol–water partition coefficient (Wildman–Crippen LogP) is 2.94. The summed E-state index contributed by atoms with van der Waals surface area (Å²) < 4.78 is 27.3. The summed E-state index contributed by atoms with van der Waals surface area (Å²) in [6, 6.07) is 4.33. The Balaban J connectivity index is 2.93. The standard InChI is InChI=1S/C14H22ClNO3S/c1-4-10(2)7-11(3)16-20(18,19)14-8-12(9-17)5-6-13(14)15/h5-6,8,10-11,16-17H,4,7,9H2,1-3H3. The van der Waals surface area contributed by atoms with Crippen LogP contribution in [0.4, 0.5) is 0 Å². The van der Waals surface area contributed by atoms with Crippen molar-refractivity contribution in [3.8, 4) is 0 Å². The van der Waals surface area contributed by atoms with E-state index in [1.807, 2.05) is 6.92 Å². The lowest BCUT2D eigenvalue weighted by Gasteiger charge is -2.18. The van der Waals surface area contributed by atoms with Crippen LogP contribution in [0.2, 0.25) is 5.02 Å². The van der Waals surface area contributed by atoms with E-state index in [1.54, 1.807) is 6.07 Å². The Bertz CT molecular complexity index is 545. The van der Waals surface area contributed by atoms with E-state index in [-0.39, 0.29) is 22.6 Å². The zero-order valence-corrected chi connectivity index (χ0v) is 13.6. The largest absolute Gasteiger partial charge is 0.392 e. The fourth-order valence-electron chi connectivity index (χ4n) is 2.00. The predicted molar refractivity (Wildman–Crippen MR) is 81.2 cm³/mol. The first kappa shape index (κ1) is 17.4. The Morgan fingerprint density at radius 2 is 2.00 bits per heavy atom. The molecule has 0 aliphatic heterocycles. The number of sulfonamides is 1. The van der Waals surface area contributed by atoms with Crippen molar-refractivity contribution in [1.82, 2.24) is 4.72 Å². The third-order valence-electron chi connectivity index (χ3n) is 3.28. The van der Waals surface area contributed by atoms with Crippen molar-refractivity contribution in [3.05, 3.63) is 28.8 Å². The number of hydrogen-bond acceptors (Lipinski definition) is 3. The van der Waals surface area contributed by atoms with Gasteiger partial charge in [-0.2, -0.15) is 0 Å². The first-order valence-corrected chi connectivity index (χ1v) is 8.57. The molecule has 0 aromatic heterocycles. The molecule has 4 nitrogen and oxygen atoms in total. The van der Waals surface area contributed by atoms with E-state index >= 15 is 0 Å². The fraction of sp³-hybridized carbons (Fsp3) is 0.571. The molecule has 0 saturated heterocycles. The van der Waals surface area contributed by atoms with Gasteiger partial charge in [0.05, 0.1) is 11.6 Å². The van der Waals surface area contributed by atoms with Crippen molar-refractivity contribution >= 4 is 21.6 Å². The minimum Gasteiger partial charge on any atom is -0.392 e. The van der Waals surface area contributed by atoms with E-state index in [4.69, 9.17) is 16.7 Å². The number of halogens is 1. The first-order chi connectivity index (χ1) is 9.30. The maximum absolute atomic E-state index is 12.3. The summed E-state index contributed by atoms with van der Waals surface area (Å²) in [6.45, 7) is 5.78. The van der Waals surface area contributed by atoms with E-state index in [2.05, 4.69) is 18.6 Å². The first-order valence-electron chi connectivity index (χ1n) is 6.71. The van der Waals surface area contributed by atoms with Crippen LogP contribution in [0.1, 0.15) is 39.2 Å². The maximum atomic E-state index is 12.3. The number of hydrogen-bond donors (Lipinski definition) is 2. The van der Waals surface area contributed by atoms with Crippen LogP contribution in [0.15, 0.2) is 23.1 Å². The lowest BCUT2D eigenvalue weighted by atomic mass is 10.0. The fourth-order valence-corrected chi connectivity index (χ4v) is 3.81. The van der Waals surface area contributed by atoms with Crippen molar-refractivity contribution in [3.63, 3.8) is 0 Å². The molecule has 1 aromatic carbocycles. The van der Waals surface area contributed by atoms with Gasteiger partial charge in [0.2, 0.25) is 10.0 Å². The molecule has 2 atom stereocenters. The summed E-state index contributed by atoms with van der Waals surface area (Å²) in [4.78, 5) is 0.0155. The van der Waals surface area contributed by atoms with E-state index in [0.717, 1.165) is 12.8 Å². The van der Waals surface area contributed by atoms with Gasteiger partial charge < -0.3 is 5.11 Å². The van der Waals surface area contributed by atoms with Crippen LogP contribution in [0.5, 0.6) is 0 Å². The smallest absolute Gasteiger partial charge is 0.242 e. The van der Waals surface area contributed by atoms with Crippen LogP contribution < -0.4 is 4.72 Å².